The number of amides is 1. The smallest absolute Gasteiger partial charge is 0.227 e. The fourth-order valence-corrected chi connectivity index (χ4v) is 1.43. The third kappa shape index (κ3) is 2.67. The van der Waals surface area contributed by atoms with Gasteiger partial charge in [0.1, 0.15) is 0 Å². The normalized spacial score (nSPS) is 28.8. The van der Waals surface area contributed by atoms with Gasteiger partial charge >= 0.3 is 0 Å². The molecule has 0 bridgehead atoms. The van der Waals surface area contributed by atoms with Crippen LogP contribution in [0.4, 0.5) is 0 Å². The average molecular weight is 202 g/mol. The SMILES string of the molecule is CC[C@H](CO)NC(=O)C1COCC1N. The van der Waals surface area contributed by atoms with Gasteiger partial charge in [-0.3, -0.25) is 4.79 Å². The van der Waals surface area contributed by atoms with Crippen LogP contribution in [0.25, 0.3) is 0 Å². The lowest BCUT2D eigenvalue weighted by molar-refractivity contribution is -0.126. The van der Waals surface area contributed by atoms with E-state index in [0.29, 0.717) is 19.6 Å². The third-order valence-electron chi connectivity index (χ3n) is 2.52. The van der Waals surface area contributed by atoms with E-state index in [-0.39, 0.29) is 30.5 Å². The zero-order valence-electron chi connectivity index (χ0n) is 8.40. The summed E-state index contributed by atoms with van der Waals surface area (Å²) in [7, 11) is 0. The molecule has 5 nitrogen and oxygen atoms in total. The second-order valence-corrected chi connectivity index (χ2v) is 3.60. The Morgan fingerprint density at radius 2 is 2.43 bits per heavy atom. The van der Waals surface area contributed by atoms with Gasteiger partial charge < -0.3 is 20.9 Å². The molecule has 0 saturated carbocycles. The minimum Gasteiger partial charge on any atom is -0.394 e. The van der Waals surface area contributed by atoms with Crippen molar-refractivity contribution >= 4 is 5.91 Å². The standard InChI is InChI=1S/C9H18N2O3/c1-2-6(3-12)11-9(13)7-4-14-5-8(7)10/h6-8,12H,2-5,10H2,1H3,(H,11,13)/t6-,7?,8?/m1/s1. The highest BCUT2D eigenvalue weighted by Crippen LogP contribution is 2.11. The largest absolute Gasteiger partial charge is 0.394 e. The van der Waals surface area contributed by atoms with Gasteiger partial charge in [0.25, 0.3) is 0 Å². The van der Waals surface area contributed by atoms with E-state index >= 15 is 0 Å². The molecule has 0 radical (unpaired) electrons. The first kappa shape index (κ1) is 11.4. The highest BCUT2D eigenvalue weighted by Gasteiger charge is 2.31. The van der Waals surface area contributed by atoms with Crippen LogP contribution in [0.1, 0.15) is 13.3 Å². The predicted octanol–water partition coefficient (Wildman–Crippen LogP) is -1.15. The number of nitrogens with one attached hydrogen (secondary N) is 1. The van der Waals surface area contributed by atoms with Gasteiger partial charge in [-0.25, -0.2) is 0 Å². The van der Waals surface area contributed by atoms with Crippen molar-refractivity contribution in [2.24, 2.45) is 11.7 Å². The molecule has 0 aliphatic carbocycles. The van der Waals surface area contributed by atoms with Crippen molar-refractivity contribution in [3.05, 3.63) is 0 Å². The van der Waals surface area contributed by atoms with E-state index in [9.17, 15) is 4.79 Å². The van der Waals surface area contributed by atoms with Crippen LogP contribution in [0.3, 0.4) is 0 Å². The highest BCUT2D eigenvalue weighted by molar-refractivity contribution is 5.80. The van der Waals surface area contributed by atoms with Crippen LogP contribution < -0.4 is 11.1 Å². The molecule has 1 heterocycles. The lowest BCUT2D eigenvalue weighted by Crippen LogP contribution is -2.46. The summed E-state index contributed by atoms with van der Waals surface area (Å²) in [5.74, 6) is -0.383. The summed E-state index contributed by atoms with van der Waals surface area (Å²) >= 11 is 0. The second kappa shape index (κ2) is 5.29. The number of aliphatic hydroxyl groups is 1. The molecule has 1 aliphatic rings. The van der Waals surface area contributed by atoms with Gasteiger partial charge in [0.15, 0.2) is 0 Å². The van der Waals surface area contributed by atoms with Crippen LogP contribution in [0.5, 0.6) is 0 Å². The third-order valence-corrected chi connectivity index (χ3v) is 2.52. The second-order valence-electron chi connectivity index (χ2n) is 3.60. The van der Waals surface area contributed by atoms with Crippen molar-refractivity contribution in [1.82, 2.24) is 5.32 Å². The van der Waals surface area contributed by atoms with E-state index in [1.54, 1.807) is 0 Å². The molecule has 0 spiro atoms. The maximum absolute atomic E-state index is 11.6. The number of carbonyl (C=O) groups excluding carboxylic acids is 1. The maximum atomic E-state index is 11.6. The fourth-order valence-electron chi connectivity index (χ4n) is 1.43. The summed E-state index contributed by atoms with van der Waals surface area (Å²) in [4.78, 5) is 11.6. The molecule has 1 saturated heterocycles. The Balaban J connectivity index is 2.40. The van der Waals surface area contributed by atoms with Crippen LogP contribution in [0.2, 0.25) is 0 Å². The lowest BCUT2D eigenvalue weighted by Gasteiger charge is -2.18. The van der Waals surface area contributed by atoms with Gasteiger partial charge in [0, 0.05) is 6.04 Å². The Hall–Kier alpha value is -0.650. The molecular formula is C9H18N2O3. The maximum Gasteiger partial charge on any atom is 0.227 e. The summed E-state index contributed by atoms with van der Waals surface area (Å²) in [6, 6.07) is -0.388. The van der Waals surface area contributed by atoms with Gasteiger partial charge in [-0.05, 0) is 6.42 Å². The van der Waals surface area contributed by atoms with Crippen molar-refractivity contribution in [2.45, 2.75) is 25.4 Å². The summed E-state index contributed by atoms with van der Waals surface area (Å²) in [6.07, 6.45) is 0.713. The molecule has 2 unspecified atom stereocenters. The van der Waals surface area contributed by atoms with Gasteiger partial charge in [-0.2, -0.15) is 0 Å². The van der Waals surface area contributed by atoms with Crippen molar-refractivity contribution < 1.29 is 14.6 Å². The molecule has 1 aliphatic heterocycles. The number of hydrogen-bond donors (Lipinski definition) is 3. The molecule has 0 aromatic carbocycles. The highest BCUT2D eigenvalue weighted by atomic mass is 16.5. The summed E-state index contributed by atoms with van der Waals surface area (Å²) in [6.45, 7) is 2.69. The van der Waals surface area contributed by atoms with Crippen molar-refractivity contribution in [3.8, 4) is 0 Å². The Morgan fingerprint density at radius 3 is 2.86 bits per heavy atom. The quantitative estimate of drug-likeness (QED) is 0.537. The first-order valence-electron chi connectivity index (χ1n) is 4.93. The zero-order valence-corrected chi connectivity index (χ0v) is 8.40. The molecule has 82 valence electrons. The van der Waals surface area contributed by atoms with Crippen LogP contribution >= 0.6 is 0 Å². The Kier molecular flexibility index (Phi) is 4.31. The summed E-state index contributed by atoms with van der Waals surface area (Å²) < 4.78 is 5.09. The Bertz CT molecular complexity index is 194. The monoisotopic (exact) mass is 202 g/mol. The molecule has 4 N–H and O–H groups in total. The van der Waals surface area contributed by atoms with Crippen molar-refractivity contribution in [1.29, 1.82) is 0 Å². The summed E-state index contributed by atoms with van der Waals surface area (Å²) in [5, 5.41) is 11.6. The lowest BCUT2D eigenvalue weighted by atomic mass is 10.0. The van der Waals surface area contributed by atoms with Crippen LogP contribution in [-0.4, -0.2) is 42.9 Å². The molecule has 0 aromatic heterocycles. The molecule has 1 fully saturated rings. The summed E-state index contributed by atoms with van der Waals surface area (Å²) in [5.41, 5.74) is 5.69. The number of ether oxygens (including phenoxy) is 1. The minimum absolute atomic E-state index is 0.0367. The van der Waals surface area contributed by atoms with Crippen LogP contribution in [0, 0.1) is 5.92 Å². The molecule has 1 rings (SSSR count). The van der Waals surface area contributed by atoms with E-state index in [0.717, 1.165) is 0 Å². The molecule has 3 atom stereocenters. The topological polar surface area (TPSA) is 84.6 Å². The Labute approximate surface area is 83.6 Å². The number of carbonyl (C=O) groups is 1. The van der Waals surface area contributed by atoms with Gasteiger partial charge in [0.2, 0.25) is 5.91 Å². The zero-order chi connectivity index (χ0) is 10.6. The first-order chi connectivity index (χ1) is 6.69. The average Bonchev–Trinajstić information content (AvgIpc) is 2.60. The number of aliphatic hydroxyl groups excluding tert-OH is 1. The number of rotatable bonds is 4. The molecule has 0 aromatic rings. The van der Waals surface area contributed by atoms with Gasteiger partial charge in [-0.15, -0.1) is 0 Å². The van der Waals surface area contributed by atoms with E-state index < -0.39 is 0 Å². The molecule has 1 amide bonds. The van der Waals surface area contributed by atoms with E-state index in [1.165, 1.54) is 0 Å². The van der Waals surface area contributed by atoms with Crippen LogP contribution in [-0.2, 0) is 9.53 Å². The molecular weight excluding hydrogens is 184 g/mol. The Morgan fingerprint density at radius 1 is 1.71 bits per heavy atom. The first-order valence-corrected chi connectivity index (χ1v) is 4.93. The fraction of sp³-hybridized carbons (Fsp3) is 0.889. The number of hydrogen-bond acceptors (Lipinski definition) is 4. The number of nitrogens with two attached hydrogens (primary N) is 1. The van der Waals surface area contributed by atoms with Gasteiger partial charge in [0.05, 0.1) is 31.8 Å². The van der Waals surface area contributed by atoms with E-state index in [2.05, 4.69) is 5.32 Å². The van der Waals surface area contributed by atoms with Crippen molar-refractivity contribution in [3.63, 3.8) is 0 Å². The van der Waals surface area contributed by atoms with Gasteiger partial charge in [-0.1, -0.05) is 6.92 Å². The van der Waals surface area contributed by atoms with Crippen molar-refractivity contribution in [2.75, 3.05) is 19.8 Å². The van der Waals surface area contributed by atoms with Crippen LogP contribution in [0.15, 0.2) is 0 Å². The molecule has 5 heteroatoms. The predicted molar refractivity (Wildman–Crippen MR) is 51.6 cm³/mol. The molecule has 14 heavy (non-hydrogen) atoms. The van der Waals surface area contributed by atoms with E-state index in [1.807, 2.05) is 6.92 Å². The van der Waals surface area contributed by atoms with E-state index in [4.69, 9.17) is 15.6 Å². The minimum atomic E-state index is -0.268.